The minimum atomic E-state index is 0.305. The van der Waals surface area contributed by atoms with Crippen LogP contribution in [0.1, 0.15) is 22.8 Å². The summed E-state index contributed by atoms with van der Waals surface area (Å²) in [5, 5.41) is 0. The number of benzene rings is 1. The van der Waals surface area contributed by atoms with Gasteiger partial charge in [-0.1, -0.05) is 0 Å². The summed E-state index contributed by atoms with van der Waals surface area (Å²) in [6.45, 7) is 3.49. The molecule has 1 aromatic carbocycles. The summed E-state index contributed by atoms with van der Waals surface area (Å²) in [6.07, 6.45) is 0.849. The Balaban J connectivity index is 2.84. The Labute approximate surface area is 108 Å². The van der Waals surface area contributed by atoms with Gasteiger partial charge in [0.05, 0.1) is 13.7 Å². The molecular weight excluding hydrogens is 230 g/mol. The van der Waals surface area contributed by atoms with Crippen molar-refractivity contribution in [3.8, 4) is 5.75 Å². The minimum absolute atomic E-state index is 0.305. The molecule has 0 amide bonds. The van der Waals surface area contributed by atoms with Crippen LogP contribution in [-0.2, 0) is 11.3 Å². The summed E-state index contributed by atoms with van der Waals surface area (Å²) in [4.78, 5) is 13.0. The van der Waals surface area contributed by atoms with Crippen molar-refractivity contribution in [1.82, 2.24) is 4.90 Å². The summed E-state index contributed by atoms with van der Waals surface area (Å²) in [5.74, 6) is 0.803. The summed E-state index contributed by atoms with van der Waals surface area (Å²) in [7, 11) is 5.35. The zero-order valence-electron chi connectivity index (χ0n) is 11.5. The summed E-state index contributed by atoms with van der Waals surface area (Å²) in [6, 6.07) is 5.75. The first-order valence-corrected chi connectivity index (χ1v) is 5.93. The molecule has 0 saturated carbocycles. The molecule has 0 bridgehead atoms. The van der Waals surface area contributed by atoms with Crippen molar-refractivity contribution >= 4 is 6.29 Å². The standard InChI is InChI=1S/C14H21NO3/c1-11(10-17-3)15(2)8-13-7-12(9-16)5-6-14(13)18-4/h5-7,9,11H,8,10H2,1-4H3. The molecule has 100 valence electrons. The zero-order chi connectivity index (χ0) is 13.5. The van der Waals surface area contributed by atoms with E-state index in [4.69, 9.17) is 9.47 Å². The first-order valence-electron chi connectivity index (χ1n) is 5.93. The molecule has 4 heteroatoms. The van der Waals surface area contributed by atoms with Gasteiger partial charge >= 0.3 is 0 Å². The number of carbonyl (C=O) groups is 1. The fraction of sp³-hybridized carbons (Fsp3) is 0.500. The van der Waals surface area contributed by atoms with Crippen LogP contribution in [0.4, 0.5) is 0 Å². The lowest BCUT2D eigenvalue weighted by atomic mass is 10.1. The highest BCUT2D eigenvalue weighted by molar-refractivity contribution is 5.75. The first-order chi connectivity index (χ1) is 8.62. The second-order valence-corrected chi connectivity index (χ2v) is 4.41. The van der Waals surface area contributed by atoms with E-state index in [2.05, 4.69) is 11.8 Å². The second kappa shape index (κ2) is 7.13. The zero-order valence-corrected chi connectivity index (χ0v) is 11.5. The Morgan fingerprint density at radius 1 is 1.39 bits per heavy atom. The molecule has 1 unspecified atom stereocenters. The molecule has 1 atom stereocenters. The Bertz CT molecular complexity index is 393. The number of hydrogen-bond donors (Lipinski definition) is 0. The van der Waals surface area contributed by atoms with E-state index in [0.29, 0.717) is 18.2 Å². The molecule has 0 radical (unpaired) electrons. The van der Waals surface area contributed by atoms with E-state index in [0.717, 1.165) is 24.1 Å². The number of carbonyl (C=O) groups excluding carboxylic acids is 1. The van der Waals surface area contributed by atoms with E-state index < -0.39 is 0 Å². The van der Waals surface area contributed by atoms with Crippen molar-refractivity contribution in [2.45, 2.75) is 19.5 Å². The third-order valence-electron chi connectivity index (χ3n) is 3.02. The molecule has 0 fully saturated rings. The highest BCUT2D eigenvalue weighted by Crippen LogP contribution is 2.21. The average molecular weight is 251 g/mol. The smallest absolute Gasteiger partial charge is 0.150 e. The van der Waals surface area contributed by atoms with Crippen molar-refractivity contribution in [2.75, 3.05) is 27.9 Å². The van der Waals surface area contributed by atoms with Crippen LogP contribution in [0.5, 0.6) is 5.75 Å². The predicted molar refractivity (Wildman–Crippen MR) is 71.2 cm³/mol. The van der Waals surface area contributed by atoms with Gasteiger partial charge in [-0.05, 0) is 32.2 Å². The number of hydrogen-bond acceptors (Lipinski definition) is 4. The fourth-order valence-corrected chi connectivity index (χ4v) is 1.79. The van der Waals surface area contributed by atoms with E-state index in [1.54, 1.807) is 20.3 Å². The third-order valence-corrected chi connectivity index (χ3v) is 3.02. The van der Waals surface area contributed by atoms with E-state index in [1.165, 1.54) is 0 Å². The molecule has 0 N–H and O–H groups in total. The highest BCUT2D eigenvalue weighted by Gasteiger charge is 2.12. The lowest BCUT2D eigenvalue weighted by molar-refractivity contribution is 0.110. The van der Waals surface area contributed by atoms with Gasteiger partial charge in [0.15, 0.2) is 0 Å². The van der Waals surface area contributed by atoms with Gasteiger partial charge in [0.2, 0.25) is 0 Å². The predicted octanol–water partition coefficient (Wildman–Crippen LogP) is 1.97. The van der Waals surface area contributed by atoms with Gasteiger partial charge in [-0.15, -0.1) is 0 Å². The van der Waals surface area contributed by atoms with Crippen molar-refractivity contribution in [3.05, 3.63) is 29.3 Å². The quantitative estimate of drug-likeness (QED) is 0.695. The summed E-state index contributed by atoms with van der Waals surface area (Å²) < 4.78 is 10.4. The van der Waals surface area contributed by atoms with Gasteiger partial charge in [-0.25, -0.2) is 0 Å². The molecule has 0 saturated heterocycles. The lowest BCUT2D eigenvalue weighted by Gasteiger charge is -2.24. The minimum Gasteiger partial charge on any atom is -0.496 e. The SMILES string of the molecule is COCC(C)N(C)Cc1cc(C=O)ccc1OC. The van der Waals surface area contributed by atoms with Crippen LogP contribution in [-0.4, -0.2) is 45.1 Å². The molecule has 1 aromatic rings. The molecule has 0 aliphatic carbocycles. The van der Waals surface area contributed by atoms with Gasteiger partial charge in [0, 0.05) is 30.8 Å². The third kappa shape index (κ3) is 3.82. The van der Waals surface area contributed by atoms with Crippen LogP contribution in [0.25, 0.3) is 0 Å². The number of ether oxygens (including phenoxy) is 2. The molecule has 0 spiro atoms. The van der Waals surface area contributed by atoms with Gasteiger partial charge in [-0.2, -0.15) is 0 Å². The van der Waals surface area contributed by atoms with Crippen LogP contribution >= 0.6 is 0 Å². The molecule has 4 nitrogen and oxygen atoms in total. The topological polar surface area (TPSA) is 38.8 Å². The number of likely N-dealkylation sites (N-methyl/N-ethyl adjacent to an activating group) is 1. The molecule has 0 aromatic heterocycles. The van der Waals surface area contributed by atoms with E-state index in [1.807, 2.05) is 19.2 Å². The van der Waals surface area contributed by atoms with Gasteiger partial charge < -0.3 is 9.47 Å². The maximum atomic E-state index is 10.8. The van der Waals surface area contributed by atoms with E-state index in [9.17, 15) is 4.79 Å². The van der Waals surface area contributed by atoms with Crippen LogP contribution in [0, 0.1) is 0 Å². The van der Waals surface area contributed by atoms with Crippen LogP contribution in [0.3, 0.4) is 0 Å². The van der Waals surface area contributed by atoms with E-state index >= 15 is 0 Å². The Kier molecular flexibility index (Phi) is 5.82. The molecule has 18 heavy (non-hydrogen) atoms. The molecule has 0 aliphatic rings. The van der Waals surface area contributed by atoms with Gasteiger partial charge in [-0.3, -0.25) is 9.69 Å². The van der Waals surface area contributed by atoms with Gasteiger partial charge in [0.1, 0.15) is 12.0 Å². The number of methoxy groups -OCH3 is 2. The lowest BCUT2D eigenvalue weighted by Crippen LogP contribution is -2.32. The maximum absolute atomic E-state index is 10.8. The number of rotatable bonds is 7. The van der Waals surface area contributed by atoms with Crippen molar-refractivity contribution in [2.24, 2.45) is 0 Å². The Morgan fingerprint density at radius 3 is 2.67 bits per heavy atom. The Hall–Kier alpha value is -1.39. The highest BCUT2D eigenvalue weighted by atomic mass is 16.5. The molecular formula is C14H21NO3. The maximum Gasteiger partial charge on any atom is 0.150 e. The Morgan fingerprint density at radius 2 is 2.11 bits per heavy atom. The number of aldehydes is 1. The van der Waals surface area contributed by atoms with Gasteiger partial charge in [0.25, 0.3) is 0 Å². The summed E-state index contributed by atoms with van der Waals surface area (Å²) in [5.41, 5.74) is 1.67. The van der Waals surface area contributed by atoms with Crippen LogP contribution in [0.2, 0.25) is 0 Å². The molecule has 1 rings (SSSR count). The van der Waals surface area contributed by atoms with Crippen molar-refractivity contribution in [1.29, 1.82) is 0 Å². The monoisotopic (exact) mass is 251 g/mol. The van der Waals surface area contributed by atoms with Crippen LogP contribution in [0.15, 0.2) is 18.2 Å². The first kappa shape index (κ1) is 14.7. The van der Waals surface area contributed by atoms with Crippen molar-refractivity contribution in [3.63, 3.8) is 0 Å². The second-order valence-electron chi connectivity index (χ2n) is 4.41. The largest absolute Gasteiger partial charge is 0.496 e. The normalized spacial score (nSPS) is 12.5. The fourth-order valence-electron chi connectivity index (χ4n) is 1.79. The van der Waals surface area contributed by atoms with E-state index in [-0.39, 0.29) is 0 Å². The van der Waals surface area contributed by atoms with Crippen LogP contribution < -0.4 is 4.74 Å². The number of nitrogens with zero attached hydrogens (tertiary/aromatic N) is 1. The molecule has 0 aliphatic heterocycles. The summed E-state index contributed by atoms with van der Waals surface area (Å²) >= 11 is 0. The van der Waals surface area contributed by atoms with Crippen molar-refractivity contribution < 1.29 is 14.3 Å². The molecule has 0 heterocycles. The average Bonchev–Trinajstić information content (AvgIpc) is 2.38.